The molecule has 0 N–H and O–H groups in total. The van der Waals surface area contributed by atoms with Gasteiger partial charge in [-0.15, -0.1) is 0 Å². The number of amides is 1. The lowest BCUT2D eigenvalue weighted by molar-refractivity contribution is -0.117. The maximum atomic E-state index is 11.9. The summed E-state index contributed by atoms with van der Waals surface area (Å²) in [5.74, 6) is 1.04. The molecule has 1 aromatic heterocycles. The van der Waals surface area contributed by atoms with Gasteiger partial charge in [-0.3, -0.25) is 9.69 Å². The van der Waals surface area contributed by atoms with Gasteiger partial charge in [-0.05, 0) is 53.7 Å². The predicted octanol–water partition coefficient (Wildman–Crippen LogP) is 2.89. The number of carbonyl (C=O) groups excluding carboxylic acids is 1. The van der Waals surface area contributed by atoms with E-state index >= 15 is 0 Å². The van der Waals surface area contributed by atoms with Gasteiger partial charge in [0.05, 0.1) is 0 Å². The molecular weight excluding hydrogens is 268 g/mol. The van der Waals surface area contributed by atoms with Gasteiger partial charge in [-0.2, -0.15) is 0 Å². The van der Waals surface area contributed by atoms with Crippen LogP contribution >= 0.6 is 15.9 Å². The highest BCUT2D eigenvalue weighted by Crippen LogP contribution is 2.47. The van der Waals surface area contributed by atoms with E-state index < -0.39 is 0 Å². The normalized spacial score (nSPS) is 22.6. The lowest BCUT2D eigenvalue weighted by Gasteiger charge is -2.45. The van der Waals surface area contributed by atoms with Crippen LogP contribution in [0.4, 0.5) is 5.82 Å². The van der Waals surface area contributed by atoms with E-state index in [-0.39, 0.29) is 11.4 Å². The average Bonchev–Trinajstić information content (AvgIpc) is 2.57. The standard InChI is InChI=1S/C12H13BrN2O/c13-9-2-3-10(14-8-9)15-11(16)4-7-12(15)5-1-6-12/h2-3,8H,1,4-7H2. The number of hydrogen-bond donors (Lipinski definition) is 0. The third kappa shape index (κ3) is 1.39. The van der Waals surface area contributed by atoms with Gasteiger partial charge in [0, 0.05) is 22.6 Å². The predicted molar refractivity (Wildman–Crippen MR) is 65.2 cm³/mol. The van der Waals surface area contributed by atoms with Gasteiger partial charge in [0.15, 0.2) is 0 Å². The molecular formula is C12H13BrN2O. The summed E-state index contributed by atoms with van der Waals surface area (Å²) < 4.78 is 0.950. The van der Waals surface area contributed by atoms with Crippen LogP contribution in [0.3, 0.4) is 0 Å². The second-order valence-corrected chi connectivity index (χ2v) is 5.56. The third-order valence-corrected chi connectivity index (χ3v) is 4.22. The fourth-order valence-corrected chi connectivity index (χ4v) is 2.99. The molecule has 1 saturated heterocycles. The number of nitrogens with zero attached hydrogens (tertiary/aromatic N) is 2. The molecule has 2 heterocycles. The molecule has 84 valence electrons. The van der Waals surface area contributed by atoms with Gasteiger partial charge >= 0.3 is 0 Å². The Morgan fingerprint density at radius 2 is 2.12 bits per heavy atom. The smallest absolute Gasteiger partial charge is 0.228 e. The Morgan fingerprint density at radius 3 is 2.69 bits per heavy atom. The van der Waals surface area contributed by atoms with Gasteiger partial charge in [0.1, 0.15) is 5.82 Å². The Bertz CT molecular complexity index is 425. The summed E-state index contributed by atoms with van der Waals surface area (Å²) in [5, 5.41) is 0. The lowest BCUT2D eigenvalue weighted by Crippen LogP contribution is -2.51. The Balaban J connectivity index is 1.97. The van der Waals surface area contributed by atoms with Crippen LogP contribution in [0.2, 0.25) is 0 Å². The Labute approximate surface area is 103 Å². The van der Waals surface area contributed by atoms with Crippen molar-refractivity contribution < 1.29 is 4.79 Å². The van der Waals surface area contributed by atoms with E-state index in [4.69, 9.17) is 0 Å². The zero-order valence-electron chi connectivity index (χ0n) is 8.95. The summed E-state index contributed by atoms with van der Waals surface area (Å²) in [6, 6.07) is 3.87. The lowest BCUT2D eigenvalue weighted by atomic mass is 9.75. The number of halogens is 1. The number of pyridine rings is 1. The van der Waals surface area contributed by atoms with Crippen LogP contribution in [0.1, 0.15) is 32.1 Å². The van der Waals surface area contributed by atoms with Gasteiger partial charge < -0.3 is 0 Å². The molecule has 4 heteroatoms. The van der Waals surface area contributed by atoms with Crippen LogP contribution in [0.15, 0.2) is 22.8 Å². The minimum atomic E-state index is 0.109. The Hall–Kier alpha value is -0.900. The largest absolute Gasteiger partial charge is 0.291 e. The van der Waals surface area contributed by atoms with E-state index in [2.05, 4.69) is 20.9 Å². The first-order chi connectivity index (χ1) is 7.71. The van der Waals surface area contributed by atoms with Crippen molar-refractivity contribution in [3.05, 3.63) is 22.8 Å². The van der Waals surface area contributed by atoms with Crippen LogP contribution in [-0.4, -0.2) is 16.4 Å². The van der Waals surface area contributed by atoms with E-state index in [1.807, 2.05) is 17.0 Å². The Morgan fingerprint density at radius 1 is 1.31 bits per heavy atom. The zero-order valence-corrected chi connectivity index (χ0v) is 10.5. The number of hydrogen-bond acceptors (Lipinski definition) is 2. The summed E-state index contributed by atoms with van der Waals surface area (Å²) in [4.78, 5) is 18.2. The SMILES string of the molecule is O=C1CCC2(CCC2)N1c1ccc(Br)cn1. The van der Waals surface area contributed by atoms with Crippen molar-refractivity contribution in [2.45, 2.75) is 37.6 Å². The molecule has 16 heavy (non-hydrogen) atoms. The maximum Gasteiger partial charge on any atom is 0.228 e. The van der Waals surface area contributed by atoms with Crippen molar-refractivity contribution in [3.8, 4) is 0 Å². The minimum absolute atomic E-state index is 0.109. The number of anilines is 1. The summed E-state index contributed by atoms with van der Waals surface area (Å²) in [7, 11) is 0. The van der Waals surface area contributed by atoms with Crippen LogP contribution in [-0.2, 0) is 4.79 Å². The molecule has 0 radical (unpaired) electrons. The van der Waals surface area contributed by atoms with E-state index in [9.17, 15) is 4.79 Å². The van der Waals surface area contributed by atoms with Crippen molar-refractivity contribution in [2.75, 3.05) is 4.90 Å². The van der Waals surface area contributed by atoms with Gasteiger partial charge in [0.25, 0.3) is 0 Å². The molecule has 1 spiro atoms. The summed E-state index contributed by atoms with van der Waals surface area (Å²) in [6.45, 7) is 0. The molecule has 0 aromatic carbocycles. The van der Waals surface area contributed by atoms with E-state index in [1.54, 1.807) is 6.20 Å². The number of aromatic nitrogens is 1. The van der Waals surface area contributed by atoms with E-state index in [0.29, 0.717) is 6.42 Å². The molecule has 3 nitrogen and oxygen atoms in total. The molecule has 1 aliphatic carbocycles. The zero-order chi connectivity index (χ0) is 11.2. The maximum absolute atomic E-state index is 11.9. The molecule has 0 bridgehead atoms. The van der Waals surface area contributed by atoms with Gasteiger partial charge in [0.2, 0.25) is 5.91 Å². The minimum Gasteiger partial charge on any atom is -0.291 e. The Kier molecular flexibility index (Phi) is 2.28. The second kappa shape index (κ2) is 3.55. The molecule has 1 saturated carbocycles. The first kappa shape index (κ1) is 10.3. The number of carbonyl (C=O) groups is 1. The molecule has 2 fully saturated rings. The van der Waals surface area contributed by atoms with Gasteiger partial charge in [-0.25, -0.2) is 4.98 Å². The highest BCUT2D eigenvalue weighted by molar-refractivity contribution is 9.10. The number of rotatable bonds is 1. The molecule has 0 atom stereocenters. The molecule has 1 aromatic rings. The van der Waals surface area contributed by atoms with Crippen LogP contribution < -0.4 is 4.90 Å². The summed E-state index contributed by atoms with van der Waals surface area (Å²) in [6.07, 6.45) is 6.95. The summed E-state index contributed by atoms with van der Waals surface area (Å²) >= 11 is 3.36. The van der Waals surface area contributed by atoms with Crippen LogP contribution in [0.5, 0.6) is 0 Å². The average molecular weight is 281 g/mol. The van der Waals surface area contributed by atoms with Crippen molar-refractivity contribution in [1.29, 1.82) is 0 Å². The fraction of sp³-hybridized carbons (Fsp3) is 0.500. The quantitative estimate of drug-likeness (QED) is 0.793. The highest BCUT2D eigenvalue weighted by atomic mass is 79.9. The first-order valence-electron chi connectivity index (χ1n) is 5.66. The van der Waals surface area contributed by atoms with Crippen molar-refractivity contribution in [1.82, 2.24) is 4.98 Å². The molecule has 2 aliphatic rings. The molecule has 1 amide bonds. The monoisotopic (exact) mass is 280 g/mol. The molecule has 0 unspecified atom stereocenters. The summed E-state index contributed by atoms with van der Waals surface area (Å²) in [5.41, 5.74) is 0.109. The van der Waals surface area contributed by atoms with E-state index in [0.717, 1.165) is 29.6 Å². The van der Waals surface area contributed by atoms with E-state index in [1.165, 1.54) is 6.42 Å². The molecule has 1 aliphatic heterocycles. The first-order valence-corrected chi connectivity index (χ1v) is 6.45. The highest BCUT2D eigenvalue weighted by Gasteiger charge is 2.50. The van der Waals surface area contributed by atoms with Crippen molar-refractivity contribution >= 4 is 27.7 Å². The topological polar surface area (TPSA) is 33.2 Å². The van der Waals surface area contributed by atoms with Gasteiger partial charge in [-0.1, -0.05) is 0 Å². The van der Waals surface area contributed by atoms with Crippen LogP contribution in [0.25, 0.3) is 0 Å². The fourth-order valence-electron chi connectivity index (χ4n) is 2.76. The van der Waals surface area contributed by atoms with Crippen molar-refractivity contribution in [2.24, 2.45) is 0 Å². The van der Waals surface area contributed by atoms with Crippen LogP contribution in [0, 0.1) is 0 Å². The second-order valence-electron chi connectivity index (χ2n) is 4.64. The third-order valence-electron chi connectivity index (χ3n) is 3.75. The molecule has 3 rings (SSSR count). The van der Waals surface area contributed by atoms with Crippen molar-refractivity contribution in [3.63, 3.8) is 0 Å².